The van der Waals surface area contributed by atoms with Gasteiger partial charge in [0.25, 0.3) is 0 Å². The minimum absolute atomic E-state index is 0.0877. The minimum Gasteiger partial charge on any atom is -0.481 e. The Bertz CT molecular complexity index is 638. The van der Waals surface area contributed by atoms with E-state index in [0.717, 1.165) is 11.8 Å². The first-order valence-electron chi connectivity index (χ1n) is 6.07. The molecule has 0 unspecified atom stereocenters. The summed E-state index contributed by atoms with van der Waals surface area (Å²) < 4.78 is 5.48. The fourth-order valence-corrected chi connectivity index (χ4v) is 2.17. The van der Waals surface area contributed by atoms with Gasteiger partial charge in [0.15, 0.2) is 11.5 Å². The number of fused-ring (bicyclic) bond motifs is 1. The number of carbonyl (C=O) groups is 2. The van der Waals surface area contributed by atoms with Crippen LogP contribution in [0.1, 0.15) is 12.8 Å². The first-order valence-corrected chi connectivity index (χ1v) is 7.23. The number of oxazole rings is 1. The lowest BCUT2D eigenvalue weighted by Crippen LogP contribution is -2.15. The lowest BCUT2D eigenvalue weighted by Gasteiger charge is -2.03. The van der Waals surface area contributed by atoms with Crippen molar-refractivity contribution in [1.29, 1.82) is 0 Å². The number of carbonyl (C=O) groups excluding carboxylic acids is 1. The van der Waals surface area contributed by atoms with Gasteiger partial charge in [0.2, 0.25) is 5.91 Å². The average Bonchev–Trinajstić information content (AvgIpc) is 2.80. The third-order valence-electron chi connectivity index (χ3n) is 2.48. The molecular weight excluding hydrogens is 280 g/mol. The second kappa shape index (κ2) is 6.42. The van der Waals surface area contributed by atoms with E-state index in [0.29, 0.717) is 29.1 Å². The van der Waals surface area contributed by atoms with Gasteiger partial charge in [-0.15, -0.1) is 11.8 Å². The number of aryl methyl sites for hydroxylation is 1. The highest BCUT2D eigenvalue weighted by molar-refractivity contribution is 8.00. The fraction of sp³-hybridized carbons (Fsp3) is 0.308. The molecule has 0 bridgehead atoms. The standard InChI is InChI=1S/C13H14N2O4S/c1-2-12-15-9-5-8(3-4-10(9)19-12)14-11(16)6-20-7-13(17)18/h3-5H,2,6-7H2,1H3,(H,14,16)(H,17,18). The van der Waals surface area contributed by atoms with Crippen molar-refractivity contribution in [2.24, 2.45) is 0 Å². The Morgan fingerprint density at radius 2 is 2.20 bits per heavy atom. The van der Waals surface area contributed by atoms with Gasteiger partial charge in [0.05, 0.1) is 11.5 Å². The molecule has 2 N–H and O–H groups in total. The lowest BCUT2D eigenvalue weighted by atomic mass is 10.3. The normalized spacial score (nSPS) is 10.7. The molecule has 106 valence electrons. The van der Waals surface area contributed by atoms with Crippen LogP contribution in [0.4, 0.5) is 5.69 Å². The van der Waals surface area contributed by atoms with Crippen LogP contribution >= 0.6 is 11.8 Å². The SMILES string of the molecule is CCc1nc2cc(NC(=O)CSCC(=O)O)ccc2o1. The fourth-order valence-electron chi connectivity index (χ4n) is 1.63. The van der Waals surface area contributed by atoms with Gasteiger partial charge < -0.3 is 14.8 Å². The summed E-state index contributed by atoms with van der Waals surface area (Å²) in [5.41, 5.74) is 1.99. The molecule has 7 heteroatoms. The number of hydrogen-bond acceptors (Lipinski definition) is 5. The maximum Gasteiger partial charge on any atom is 0.313 e. The van der Waals surface area contributed by atoms with Crippen LogP contribution in [0.5, 0.6) is 0 Å². The summed E-state index contributed by atoms with van der Waals surface area (Å²) in [4.78, 5) is 26.3. The van der Waals surface area contributed by atoms with Crippen LogP contribution in [-0.2, 0) is 16.0 Å². The van der Waals surface area contributed by atoms with Gasteiger partial charge in [0, 0.05) is 12.1 Å². The minimum atomic E-state index is -0.932. The summed E-state index contributed by atoms with van der Waals surface area (Å²) in [6.45, 7) is 1.95. The van der Waals surface area contributed by atoms with E-state index in [1.54, 1.807) is 18.2 Å². The number of nitrogens with zero attached hydrogens (tertiary/aromatic N) is 1. The van der Waals surface area contributed by atoms with Crippen LogP contribution < -0.4 is 5.32 Å². The molecule has 0 aliphatic carbocycles. The van der Waals surface area contributed by atoms with Crippen molar-refractivity contribution in [3.05, 3.63) is 24.1 Å². The van der Waals surface area contributed by atoms with Gasteiger partial charge in [-0.1, -0.05) is 6.92 Å². The van der Waals surface area contributed by atoms with E-state index in [-0.39, 0.29) is 17.4 Å². The van der Waals surface area contributed by atoms with E-state index in [9.17, 15) is 9.59 Å². The van der Waals surface area contributed by atoms with Crippen molar-refractivity contribution in [2.75, 3.05) is 16.8 Å². The Morgan fingerprint density at radius 3 is 2.90 bits per heavy atom. The van der Waals surface area contributed by atoms with E-state index in [1.807, 2.05) is 6.92 Å². The van der Waals surface area contributed by atoms with Crippen LogP contribution in [0.3, 0.4) is 0 Å². The summed E-state index contributed by atoms with van der Waals surface area (Å²) in [5.74, 6) is -0.506. The van der Waals surface area contributed by atoms with Crippen LogP contribution in [0.15, 0.2) is 22.6 Å². The predicted molar refractivity (Wildman–Crippen MR) is 77.0 cm³/mol. The molecule has 0 saturated heterocycles. The number of hydrogen-bond donors (Lipinski definition) is 2. The first kappa shape index (κ1) is 14.4. The molecule has 1 aromatic heterocycles. The Kier molecular flexibility index (Phi) is 4.62. The molecule has 0 aliphatic heterocycles. The van der Waals surface area contributed by atoms with E-state index in [4.69, 9.17) is 9.52 Å². The number of nitrogens with one attached hydrogen (secondary N) is 1. The van der Waals surface area contributed by atoms with Crippen LogP contribution in [0.25, 0.3) is 11.1 Å². The molecule has 1 aromatic carbocycles. The molecule has 0 atom stereocenters. The van der Waals surface area contributed by atoms with Gasteiger partial charge in [-0.25, -0.2) is 4.98 Å². The smallest absolute Gasteiger partial charge is 0.313 e. The highest BCUT2D eigenvalue weighted by Gasteiger charge is 2.08. The molecule has 0 saturated carbocycles. The van der Waals surface area contributed by atoms with Crippen LogP contribution in [0, 0.1) is 0 Å². The number of aliphatic carboxylic acids is 1. The monoisotopic (exact) mass is 294 g/mol. The highest BCUT2D eigenvalue weighted by atomic mass is 32.2. The highest BCUT2D eigenvalue weighted by Crippen LogP contribution is 2.20. The molecular formula is C13H14N2O4S. The maximum absolute atomic E-state index is 11.6. The number of carboxylic acid groups (broad SMARTS) is 1. The first-order chi connectivity index (χ1) is 9.58. The van der Waals surface area contributed by atoms with Crippen molar-refractivity contribution in [3.63, 3.8) is 0 Å². The third kappa shape index (κ3) is 3.74. The average molecular weight is 294 g/mol. The summed E-state index contributed by atoms with van der Waals surface area (Å²) in [7, 11) is 0. The zero-order chi connectivity index (χ0) is 14.5. The van der Waals surface area contributed by atoms with Crippen molar-refractivity contribution >= 4 is 40.4 Å². The molecule has 2 aromatic rings. The Balaban J connectivity index is 1.98. The summed E-state index contributed by atoms with van der Waals surface area (Å²) in [6.07, 6.45) is 0.711. The summed E-state index contributed by atoms with van der Waals surface area (Å²) >= 11 is 1.05. The van der Waals surface area contributed by atoms with Gasteiger partial charge in [0.1, 0.15) is 5.52 Å². The Hall–Kier alpha value is -2.02. The lowest BCUT2D eigenvalue weighted by molar-refractivity contribution is -0.133. The zero-order valence-electron chi connectivity index (χ0n) is 10.9. The van der Waals surface area contributed by atoms with Crippen LogP contribution in [0.2, 0.25) is 0 Å². The molecule has 1 amide bonds. The van der Waals surface area contributed by atoms with Gasteiger partial charge >= 0.3 is 5.97 Å². The number of rotatable bonds is 6. The summed E-state index contributed by atoms with van der Waals surface area (Å²) in [5, 5.41) is 11.2. The third-order valence-corrected chi connectivity index (χ3v) is 3.39. The molecule has 20 heavy (non-hydrogen) atoms. The topological polar surface area (TPSA) is 92.4 Å². The molecule has 2 rings (SSSR count). The van der Waals surface area contributed by atoms with E-state index in [2.05, 4.69) is 10.3 Å². The van der Waals surface area contributed by atoms with Gasteiger partial charge in [-0.2, -0.15) is 0 Å². The van der Waals surface area contributed by atoms with Crippen LogP contribution in [-0.4, -0.2) is 33.5 Å². The molecule has 0 spiro atoms. The number of benzene rings is 1. The summed E-state index contributed by atoms with van der Waals surface area (Å²) in [6, 6.07) is 5.21. The maximum atomic E-state index is 11.6. The second-order valence-electron chi connectivity index (χ2n) is 4.08. The molecule has 6 nitrogen and oxygen atoms in total. The number of aromatic nitrogens is 1. The molecule has 0 aliphatic rings. The van der Waals surface area contributed by atoms with Crippen molar-refractivity contribution in [3.8, 4) is 0 Å². The number of thioether (sulfide) groups is 1. The Labute approximate surface area is 119 Å². The van der Waals surface area contributed by atoms with E-state index < -0.39 is 5.97 Å². The number of amides is 1. The number of anilines is 1. The molecule has 1 heterocycles. The Morgan fingerprint density at radius 1 is 1.40 bits per heavy atom. The largest absolute Gasteiger partial charge is 0.481 e. The van der Waals surface area contributed by atoms with Crippen molar-refractivity contribution < 1.29 is 19.1 Å². The second-order valence-corrected chi connectivity index (χ2v) is 5.06. The predicted octanol–water partition coefficient (Wildman–Crippen LogP) is 2.15. The van der Waals surface area contributed by atoms with E-state index in [1.165, 1.54) is 0 Å². The van der Waals surface area contributed by atoms with Crippen molar-refractivity contribution in [1.82, 2.24) is 4.98 Å². The quantitative estimate of drug-likeness (QED) is 0.848. The van der Waals surface area contributed by atoms with Gasteiger partial charge in [-0.05, 0) is 18.2 Å². The molecule has 0 radical (unpaired) electrons. The van der Waals surface area contributed by atoms with Gasteiger partial charge in [-0.3, -0.25) is 9.59 Å². The number of carboxylic acids is 1. The van der Waals surface area contributed by atoms with E-state index >= 15 is 0 Å². The zero-order valence-corrected chi connectivity index (χ0v) is 11.7. The molecule has 0 fully saturated rings. The van der Waals surface area contributed by atoms with Crippen molar-refractivity contribution in [2.45, 2.75) is 13.3 Å².